The molecule has 0 atom stereocenters. The zero-order valence-corrected chi connectivity index (χ0v) is 11.4. The molecule has 0 heterocycles. The molecule has 0 fully saturated rings. The molecule has 5 heteroatoms. The molecule has 0 saturated carbocycles. The summed E-state index contributed by atoms with van der Waals surface area (Å²) in [5, 5.41) is 18.8. The molecule has 1 rings (SSSR count). The van der Waals surface area contributed by atoms with Crippen LogP contribution in [0.15, 0.2) is 18.2 Å². The fourth-order valence-corrected chi connectivity index (χ4v) is 2.03. The highest BCUT2D eigenvalue weighted by Crippen LogP contribution is 2.21. The van der Waals surface area contributed by atoms with Gasteiger partial charge in [-0.3, -0.25) is 0 Å². The van der Waals surface area contributed by atoms with E-state index in [4.69, 9.17) is 11.6 Å². The molecule has 0 aliphatic rings. The molecule has 2 N–H and O–H groups in total. The van der Waals surface area contributed by atoms with Gasteiger partial charge in [0.05, 0.1) is 13.2 Å². The molecule has 1 aromatic carbocycles. The monoisotopic (exact) mass is 275 g/mol. The number of aliphatic hydroxyl groups excluding tert-OH is 2. The zero-order chi connectivity index (χ0) is 13.8. The van der Waals surface area contributed by atoms with E-state index in [1.807, 2.05) is 11.9 Å². The fourth-order valence-electron chi connectivity index (χ4n) is 1.80. The number of halogens is 2. The topological polar surface area (TPSA) is 43.7 Å². The molecule has 1 aromatic rings. The van der Waals surface area contributed by atoms with E-state index in [0.29, 0.717) is 18.1 Å². The standard InChI is InChI=1S/C13H19ClFNO2/c1-13(8-17,9-18)7-16(2)6-10-3-4-11(15)5-12(10)14/h3-5,17-18H,6-9H2,1-2H3. The first-order valence-electron chi connectivity index (χ1n) is 5.74. The van der Waals surface area contributed by atoms with Crippen LogP contribution < -0.4 is 0 Å². The van der Waals surface area contributed by atoms with Crippen molar-refractivity contribution in [1.29, 1.82) is 0 Å². The third-order valence-electron chi connectivity index (χ3n) is 2.87. The average molecular weight is 276 g/mol. The molecule has 0 unspecified atom stereocenters. The van der Waals surface area contributed by atoms with Crippen LogP contribution >= 0.6 is 11.6 Å². The van der Waals surface area contributed by atoms with Crippen LogP contribution in [-0.2, 0) is 6.54 Å². The van der Waals surface area contributed by atoms with Gasteiger partial charge in [0.1, 0.15) is 5.82 Å². The van der Waals surface area contributed by atoms with E-state index >= 15 is 0 Å². The number of aliphatic hydroxyl groups is 2. The summed E-state index contributed by atoms with van der Waals surface area (Å²) in [6.07, 6.45) is 0. The number of rotatable bonds is 6. The van der Waals surface area contributed by atoms with E-state index in [1.165, 1.54) is 12.1 Å². The van der Waals surface area contributed by atoms with Crippen LogP contribution in [0.3, 0.4) is 0 Å². The van der Waals surface area contributed by atoms with Crippen molar-refractivity contribution in [3.63, 3.8) is 0 Å². The number of benzene rings is 1. The van der Waals surface area contributed by atoms with Crippen molar-refractivity contribution < 1.29 is 14.6 Å². The molecule has 18 heavy (non-hydrogen) atoms. The van der Waals surface area contributed by atoms with Crippen LogP contribution in [-0.4, -0.2) is 41.9 Å². The van der Waals surface area contributed by atoms with Crippen LogP contribution in [0.1, 0.15) is 12.5 Å². The molecule has 0 bridgehead atoms. The van der Waals surface area contributed by atoms with Crippen LogP contribution in [0.5, 0.6) is 0 Å². The van der Waals surface area contributed by atoms with Gasteiger partial charge >= 0.3 is 0 Å². The molecule has 102 valence electrons. The summed E-state index contributed by atoms with van der Waals surface area (Å²) in [5.74, 6) is -0.359. The molecule has 0 radical (unpaired) electrons. The predicted molar refractivity (Wildman–Crippen MR) is 70.0 cm³/mol. The van der Waals surface area contributed by atoms with Crippen LogP contribution in [0.2, 0.25) is 5.02 Å². The minimum atomic E-state index is -0.554. The predicted octanol–water partition coefficient (Wildman–Crippen LogP) is 1.90. The first-order chi connectivity index (χ1) is 8.40. The van der Waals surface area contributed by atoms with Crippen molar-refractivity contribution >= 4 is 11.6 Å². The molecule has 0 aliphatic heterocycles. The molecule has 0 amide bonds. The first kappa shape index (κ1) is 15.4. The highest BCUT2D eigenvalue weighted by molar-refractivity contribution is 6.31. The molecular weight excluding hydrogens is 257 g/mol. The summed E-state index contributed by atoms with van der Waals surface area (Å²) in [6, 6.07) is 4.29. The van der Waals surface area contributed by atoms with Gasteiger partial charge in [0, 0.05) is 23.5 Å². The molecular formula is C13H19ClFNO2. The summed E-state index contributed by atoms with van der Waals surface area (Å²) in [4.78, 5) is 1.94. The smallest absolute Gasteiger partial charge is 0.124 e. The highest BCUT2D eigenvalue weighted by Gasteiger charge is 2.24. The minimum absolute atomic E-state index is 0.0923. The highest BCUT2D eigenvalue weighted by atomic mass is 35.5. The second-order valence-corrected chi connectivity index (χ2v) is 5.44. The van der Waals surface area contributed by atoms with Gasteiger partial charge in [-0.15, -0.1) is 0 Å². The molecule has 0 spiro atoms. The summed E-state index contributed by atoms with van der Waals surface area (Å²) in [6.45, 7) is 2.67. The largest absolute Gasteiger partial charge is 0.396 e. The normalized spacial score (nSPS) is 12.2. The molecule has 0 aliphatic carbocycles. The summed E-state index contributed by atoms with van der Waals surface area (Å²) < 4.78 is 12.9. The lowest BCUT2D eigenvalue weighted by atomic mass is 9.92. The average Bonchev–Trinajstić information content (AvgIpc) is 2.32. The van der Waals surface area contributed by atoms with Gasteiger partial charge in [-0.25, -0.2) is 4.39 Å². The lowest BCUT2D eigenvalue weighted by Crippen LogP contribution is -2.38. The van der Waals surface area contributed by atoms with Gasteiger partial charge in [0.25, 0.3) is 0 Å². The number of nitrogens with zero attached hydrogens (tertiary/aromatic N) is 1. The van der Waals surface area contributed by atoms with Crippen LogP contribution in [0.4, 0.5) is 4.39 Å². The Morgan fingerprint density at radius 1 is 1.33 bits per heavy atom. The third kappa shape index (κ3) is 4.21. The van der Waals surface area contributed by atoms with E-state index in [2.05, 4.69) is 0 Å². The summed E-state index contributed by atoms with van der Waals surface area (Å²) in [5.41, 5.74) is 0.264. The molecule has 0 aromatic heterocycles. The Hall–Kier alpha value is -0.680. The zero-order valence-electron chi connectivity index (χ0n) is 10.7. The maximum absolute atomic E-state index is 12.9. The van der Waals surface area contributed by atoms with Crippen LogP contribution in [0.25, 0.3) is 0 Å². The number of hydrogen-bond acceptors (Lipinski definition) is 3. The maximum Gasteiger partial charge on any atom is 0.124 e. The van der Waals surface area contributed by atoms with Gasteiger partial charge in [-0.2, -0.15) is 0 Å². The fraction of sp³-hybridized carbons (Fsp3) is 0.538. The second-order valence-electron chi connectivity index (χ2n) is 5.03. The van der Waals surface area contributed by atoms with E-state index < -0.39 is 5.41 Å². The quantitative estimate of drug-likeness (QED) is 0.833. The van der Waals surface area contributed by atoms with Crippen molar-refractivity contribution in [3.05, 3.63) is 34.6 Å². The Bertz CT molecular complexity index is 397. The summed E-state index contributed by atoms with van der Waals surface area (Å²) >= 11 is 5.95. The Balaban J connectivity index is 2.67. The van der Waals surface area contributed by atoms with Gasteiger partial charge in [-0.05, 0) is 24.7 Å². The maximum atomic E-state index is 12.9. The van der Waals surface area contributed by atoms with Crippen molar-refractivity contribution in [1.82, 2.24) is 4.90 Å². The van der Waals surface area contributed by atoms with E-state index in [0.717, 1.165) is 5.56 Å². The second kappa shape index (κ2) is 6.48. The first-order valence-corrected chi connectivity index (χ1v) is 6.12. The summed E-state index contributed by atoms with van der Waals surface area (Å²) in [7, 11) is 1.86. The molecule has 3 nitrogen and oxygen atoms in total. The number of hydrogen-bond donors (Lipinski definition) is 2. The van der Waals surface area contributed by atoms with Crippen molar-refractivity contribution in [2.75, 3.05) is 26.8 Å². The Morgan fingerprint density at radius 2 is 1.94 bits per heavy atom. The van der Waals surface area contributed by atoms with E-state index in [1.54, 1.807) is 13.0 Å². The van der Waals surface area contributed by atoms with Gasteiger partial charge < -0.3 is 15.1 Å². The van der Waals surface area contributed by atoms with Crippen molar-refractivity contribution in [2.24, 2.45) is 5.41 Å². The minimum Gasteiger partial charge on any atom is -0.396 e. The van der Waals surface area contributed by atoms with Gasteiger partial charge in [-0.1, -0.05) is 24.6 Å². The van der Waals surface area contributed by atoms with E-state index in [9.17, 15) is 14.6 Å². The lowest BCUT2D eigenvalue weighted by Gasteiger charge is -2.30. The Morgan fingerprint density at radius 3 is 2.44 bits per heavy atom. The lowest BCUT2D eigenvalue weighted by molar-refractivity contribution is 0.0402. The molecule has 0 saturated heterocycles. The SMILES string of the molecule is CN(Cc1ccc(F)cc1Cl)CC(C)(CO)CO. The Kier molecular flexibility index (Phi) is 5.53. The van der Waals surface area contributed by atoms with E-state index in [-0.39, 0.29) is 19.0 Å². The third-order valence-corrected chi connectivity index (χ3v) is 3.22. The van der Waals surface area contributed by atoms with Crippen molar-refractivity contribution in [3.8, 4) is 0 Å². The van der Waals surface area contributed by atoms with Gasteiger partial charge in [0.2, 0.25) is 0 Å². The van der Waals surface area contributed by atoms with Crippen molar-refractivity contribution in [2.45, 2.75) is 13.5 Å². The van der Waals surface area contributed by atoms with Crippen LogP contribution in [0, 0.1) is 11.2 Å². The Labute approximate surface area is 112 Å². The van der Waals surface area contributed by atoms with Gasteiger partial charge in [0.15, 0.2) is 0 Å².